The highest BCUT2D eigenvalue weighted by molar-refractivity contribution is 6.44. The number of hydrogen-bond acceptors (Lipinski definition) is 3. The van der Waals surface area contributed by atoms with Crippen LogP contribution in [0, 0.1) is 0 Å². The molecule has 0 rings (SSSR count). The van der Waals surface area contributed by atoms with Crippen LogP contribution in [0.3, 0.4) is 0 Å². The van der Waals surface area contributed by atoms with Gasteiger partial charge in [0.1, 0.15) is 11.4 Å². The van der Waals surface area contributed by atoms with E-state index in [2.05, 4.69) is 9.47 Å². The van der Waals surface area contributed by atoms with Gasteiger partial charge in [-0.3, -0.25) is 0 Å². The first kappa shape index (κ1) is 9.85. The third-order valence-electron chi connectivity index (χ3n) is 0.589. The molecule has 3 nitrogen and oxygen atoms in total. The number of alkyl halides is 2. The van der Waals surface area contributed by atoms with Crippen molar-refractivity contribution in [3.05, 3.63) is 0 Å². The lowest BCUT2D eigenvalue weighted by Gasteiger charge is -2.03. The van der Waals surface area contributed by atoms with Crippen LogP contribution in [0.2, 0.25) is 0 Å². The second-order valence-electron chi connectivity index (χ2n) is 1.39. The van der Waals surface area contributed by atoms with Gasteiger partial charge in [0.05, 0.1) is 6.61 Å². The van der Waals surface area contributed by atoms with Gasteiger partial charge in [-0.2, -0.15) is 0 Å². The van der Waals surface area contributed by atoms with Gasteiger partial charge in [0.25, 0.3) is 0 Å². The third kappa shape index (κ3) is 5.98. The summed E-state index contributed by atoms with van der Waals surface area (Å²) >= 11 is 10.5. The Labute approximate surface area is 69.2 Å². The Kier molecular flexibility index (Phi) is 5.54. The molecule has 0 spiro atoms. The van der Waals surface area contributed by atoms with Crippen molar-refractivity contribution >= 4 is 29.4 Å². The van der Waals surface area contributed by atoms with Crippen molar-refractivity contribution < 1.29 is 14.3 Å². The van der Waals surface area contributed by atoms with E-state index in [4.69, 9.17) is 23.2 Å². The number of ether oxygens (including phenoxy) is 2. The van der Waals surface area contributed by atoms with Crippen molar-refractivity contribution in [2.45, 2.75) is 11.8 Å². The molecule has 10 heavy (non-hydrogen) atoms. The molecule has 0 aliphatic rings. The predicted molar refractivity (Wildman–Crippen MR) is 38.5 cm³/mol. The Morgan fingerprint density at radius 1 is 1.50 bits per heavy atom. The van der Waals surface area contributed by atoms with E-state index in [-0.39, 0.29) is 13.2 Å². The molecule has 0 unspecified atom stereocenters. The highest BCUT2D eigenvalue weighted by atomic mass is 35.5. The molecule has 0 aliphatic carbocycles. The summed E-state index contributed by atoms with van der Waals surface area (Å²) in [6.07, 6.45) is -0.742. The molecule has 0 saturated heterocycles. The van der Waals surface area contributed by atoms with Gasteiger partial charge in [-0.1, -0.05) is 0 Å². The molecule has 0 N–H and O–H groups in total. The van der Waals surface area contributed by atoms with Gasteiger partial charge in [0.2, 0.25) is 0 Å². The third-order valence-corrected chi connectivity index (χ3v) is 0.841. The first-order valence-electron chi connectivity index (χ1n) is 2.74. The fourth-order valence-electron chi connectivity index (χ4n) is 0.291. The van der Waals surface area contributed by atoms with Gasteiger partial charge < -0.3 is 9.47 Å². The van der Waals surface area contributed by atoms with Gasteiger partial charge in [0, 0.05) is 0 Å². The molecule has 0 amide bonds. The Bertz CT molecular complexity index is 105. The monoisotopic (exact) mass is 186 g/mol. The topological polar surface area (TPSA) is 35.5 Å². The molecular formula is C5H8Cl2O3. The van der Waals surface area contributed by atoms with Crippen molar-refractivity contribution in [2.75, 3.05) is 13.2 Å². The maximum absolute atomic E-state index is 10.4. The van der Waals surface area contributed by atoms with Crippen LogP contribution < -0.4 is 0 Å². The molecule has 0 aromatic carbocycles. The summed E-state index contributed by atoms with van der Waals surface area (Å²) in [5.74, 6) is 0. The molecule has 0 aromatic rings. The zero-order valence-corrected chi connectivity index (χ0v) is 6.98. The molecule has 0 heterocycles. The van der Waals surface area contributed by atoms with E-state index in [0.29, 0.717) is 0 Å². The van der Waals surface area contributed by atoms with E-state index in [1.807, 2.05) is 0 Å². The summed E-state index contributed by atoms with van der Waals surface area (Å²) in [5.41, 5.74) is 0. The second-order valence-corrected chi connectivity index (χ2v) is 2.66. The van der Waals surface area contributed by atoms with Gasteiger partial charge >= 0.3 is 6.16 Å². The highest BCUT2D eigenvalue weighted by Gasteiger charge is 2.05. The van der Waals surface area contributed by atoms with Crippen molar-refractivity contribution in [2.24, 2.45) is 0 Å². The molecule has 0 saturated carbocycles. The fourth-order valence-corrected chi connectivity index (χ4v) is 0.417. The minimum atomic E-state index is -0.742. The Hall–Kier alpha value is -0.150. The molecule has 0 bridgehead atoms. The van der Waals surface area contributed by atoms with E-state index in [1.165, 1.54) is 0 Å². The first-order chi connectivity index (χ1) is 4.66. The van der Waals surface area contributed by atoms with Crippen LogP contribution in [-0.4, -0.2) is 24.2 Å². The summed E-state index contributed by atoms with van der Waals surface area (Å²) in [5, 5.41) is 0. The average Bonchev–Trinajstić information content (AvgIpc) is 1.85. The normalized spacial score (nSPS) is 9.60. The van der Waals surface area contributed by atoms with E-state index < -0.39 is 11.0 Å². The molecule has 0 radical (unpaired) electrons. The average molecular weight is 187 g/mol. The molecule has 0 aliphatic heterocycles. The smallest absolute Gasteiger partial charge is 0.435 e. The minimum absolute atomic E-state index is 0.0397. The molecule has 0 atom stereocenters. The summed E-state index contributed by atoms with van der Waals surface area (Å²) < 4.78 is 8.83. The highest BCUT2D eigenvalue weighted by Crippen LogP contribution is 2.01. The lowest BCUT2D eigenvalue weighted by molar-refractivity contribution is 0.0621. The Balaban J connectivity index is 3.22. The van der Waals surface area contributed by atoms with Crippen LogP contribution in [0.5, 0.6) is 0 Å². The molecular weight excluding hydrogens is 179 g/mol. The zero-order chi connectivity index (χ0) is 7.98. The van der Waals surface area contributed by atoms with E-state index in [1.54, 1.807) is 6.92 Å². The molecule has 5 heteroatoms. The Morgan fingerprint density at radius 2 is 2.10 bits per heavy atom. The molecule has 60 valence electrons. The number of hydrogen-bond donors (Lipinski definition) is 0. The van der Waals surface area contributed by atoms with Crippen LogP contribution in [0.4, 0.5) is 4.79 Å². The number of carbonyl (C=O) groups is 1. The zero-order valence-electron chi connectivity index (χ0n) is 5.47. The fraction of sp³-hybridized carbons (Fsp3) is 0.800. The van der Waals surface area contributed by atoms with Gasteiger partial charge in [0.15, 0.2) is 0 Å². The molecule has 0 aromatic heterocycles. The minimum Gasteiger partial charge on any atom is -0.435 e. The van der Waals surface area contributed by atoms with Crippen molar-refractivity contribution in [1.82, 2.24) is 0 Å². The van der Waals surface area contributed by atoms with Crippen molar-refractivity contribution in [1.29, 1.82) is 0 Å². The number of halogens is 2. The maximum Gasteiger partial charge on any atom is 0.508 e. The van der Waals surface area contributed by atoms with Crippen molar-refractivity contribution in [3.63, 3.8) is 0 Å². The quantitative estimate of drug-likeness (QED) is 0.500. The summed E-state index contributed by atoms with van der Waals surface area (Å²) in [7, 11) is 0. The van der Waals surface area contributed by atoms with Gasteiger partial charge in [-0.05, 0) is 6.92 Å². The summed E-state index contributed by atoms with van der Waals surface area (Å²) in [4.78, 5) is 9.70. The van der Waals surface area contributed by atoms with Crippen LogP contribution in [-0.2, 0) is 9.47 Å². The number of carbonyl (C=O) groups excluding carboxylic acids is 1. The SMILES string of the molecule is CCOC(=O)OCC(Cl)Cl. The largest absolute Gasteiger partial charge is 0.508 e. The Morgan fingerprint density at radius 3 is 2.50 bits per heavy atom. The maximum atomic E-state index is 10.4. The van der Waals surface area contributed by atoms with Crippen LogP contribution in [0.15, 0.2) is 0 Å². The first-order valence-corrected chi connectivity index (χ1v) is 3.61. The van der Waals surface area contributed by atoms with Gasteiger partial charge in [-0.15, -0.1) is 23.2 Å². The summed E-state index contributed by atoms with van der Waals surface area (Å²) in [6.45, 7) is 1.93. The van der Waals surface area contributed by atoms with Crippen LogP contribution in [0.1, 0.15) is 6.92 Å². The lowest BCUT2D eigenvalue weighted by Crippen LogP contribution is -2.11. The van der Waals surface area contributed by atoms with E-state index >= 15 is 0 Å². The van der Waals surface area contributed by atoms with Crippen LogP contribution in [0.25, 0.3) is 0 Å². The number of rotatable bonds is 3. The van der Waals surface area contributed by atoms with E-state index in [9.17, 15) is 4.79 Å². The standard InChI is InChI=1S/C5H8Cl2O3/c1-2-9-5(8)10-3-4(6)7/h4H,2-3H2,1H3. The van der Waals surface area contributed by atoms with E-state index in [0.717, 1.165) is 0 Å². The molecule has 0 fully saturated rings. The van der Waals surface area contributed by atoms with Crippen LogP contribution >= 0.6 is 23.2 Å². The van der Waals surface area contributed by atoms with Gasteiger partial charge in [-0.25, -0.2) is 4.79 Å². The summed E-state index contributed by atoms with van der Waals surface area (Å²) in [6, 6.07) is 0. The predicted octanol–water partition coefficient (Wildman–Crippen LogP) is 1.96. The second kappa shape index (κ2) is 5.62. The lowest BCUT2D eigenvalue weighted by atomic mass is 10.8. The van der Waals surface area contributed by atoms with Crippen molar-refractivity contribution in [3.8, 4) is 0 Å².